The van der Waals surface area contributed by atoms with Gasteiger partial charge < -0.3 is 4.74 Å². The van der Waals surface area contributed by atoms with E-state index in [1.165, 1.54) is 5.39 Å². The van der Waals surface area contributed by atoms with Crippen LogP contribution in [0.15, 0.2) is 54.3 Å². The first-order valence-corrected chi connectivity index (χ1v) is 6.13. The third-order valence-electron chi connectivity index (χ3n) is 3.42. The highest BCUT2D eigenvalue weighted by atomic mass is 16.5. The van der Waals surface area contributed by atoms with Crippen LogP contribution in [0.2, 0.25) is 0 Å². The van der Waals surface area contributed by atoms with Crippen molar-refractivity contribution < 1.29 is 9.53 Å². The summed E-state index contributed by atoms with van der Waals surface area (Å²) in [6, 6.07) is 14.3. The minimum atomic E-state index is -0.152. The first-order valence-electron chi connectivity index (χ1n) is 6.13. The molecule has 0 bridgehead atoms. The van der Waals surface area contributed by atoms with E-state index in [-0.39, 0.29) is 11.9 Å². The molecule has 1 aliphatic heterocycles. The summed E-state index contributed by atoms with van der Waals surface area (Å²) in [6.45, 7) is 1.89. The first kappa shape index (κ1) is 11.0. The molecule has 1 aliphatic rings. The number of cyclic esters (lactones) is 1. The Kier molecular flexibility index (Phi) is 2.63. The lowest BCUT2D eigenvalue weighted by Crippen LogP contribution is -2.05. The molecule has 0 saturated carbocycles. The Morgan fingerprint density at radius 3 is 2.67 bits per heavy atom. The molecule has 18 heavy (non-hydrogen) atoms. The molecule has 2 aromatic rings. The summed E-state index contributed by atoms with van der Waals surface area (Å²) in [7, 11) is 0. The van der Waals surface area contributed by atoms with Crippen LogP contribution < -0.4 is 0 Å². The maximum Gasteiger partial charge on any atom is 0.318 e. The fourth-order valence-electron chi connectivity index (χ4n) is 2.38. The topological polar surface area (TPSA) is 26.3 Å². The molecule has 0 aromatic heterocycles. The third-order valence-corrected chi connectivity index (χ3v) is 3.42. The number of allylic oxidation sites excluding steroid dienone is 2. The molecule has 1 fully saturated rings. The lowest BCUT2D eigenvalue weighted by molar-refractivity contribution is -0.136. The van der Waals surface area contributed by atoms with Crippen molar-refractivity contribution in [1.29, 1.82) is 0 Å². The van der Waals surface area contributed by atoms with Crippen molar-refractivity contribution in [2.45, 2.75) is 19.3 Å². The Bertz CT molecular complexity index is 640. The normalized spacial score (nSPS) is 21.5. The predicted octanol–water partition coefficient (Wildman–Crippen LogP) is 3.77. The highest BCUT2D eigenvalue weighted by Gasteiger charge is 2.31. The second kappa shape index (κ2) is 4.30. The summed E-state index contributed by atoms with van der Waals surface area (Å²) in [5, 5.41) is 2.36. The SMILES string of the molecule is C/C=C1/C[C@H](c2ccc3ccccc3c2)C(=O)O1. The fourth-order valence-corrected chi connectivity index (χ4v) is 2.38. The average molecular weight is 238 g/mol. The van der Waals surface area contributed by atoms with Crippen LogP contribution in [0.4, 0.5) is 0 Å². The van der Waals surface area contributed by atoms with E-state index in [4.69, 9.17) is 4.74 Å². The Hall–Kier alpha value is -2.09. The molecule has 90 valence electrons. The van der Waals surface area contributed by atoms with Crippen LogP contribution in [-0.4, -0.2) is 5.97 Å². The van der Waals surface area contributed by atoms with Gasteiger partial charge in [0.1, 0.15) is 5.76 Å². The molecule has 1 atom stereocenters. The molecule has 2 aromatic carbocycles. The van der Waals surface area contributed by atoms with Crippen LogP contribution in [0, 0.1) is 0 Å². The van der Waals surface area contributed by atoms with Gasteiger partial charge in [-0.25, -0.2) is 0 Å². The Balaban J connectivity index is 2.02. The van der Waals surface area contributed by atoms with E-state index in [9.17, 15) is 4.79 Å². The van der Waals surface area contributed by atoms with Gasteiger partial charge >= 0.3 is 5.97 Å². The Labute approximate surface area is 106 Å². The fraction of sp³-hybridized carbons (Fsp3) is 0.188. The number of carbonyl (C=O) groups excluding carboxylic acids is 1. The van der Waals surface area contributed by atoms with Crippen molar-refractivity contribution in [3.63, 3.8) is 0 Å². The summed E-state index contributed by atoms with van der Waals surface area (Å²) in [6.07, 6.45) is 2.53. The van der Waals surface area contributed by atoms with Crippen LogP contribution >= 0.6 is 0 Å². The van der Waals surface area contributed by atoms with Gasteiger partial charge in [-0.15, -0.1) is 0 Å². The van der Waals surface area contributed by atoms with Gasteiger partial charge in [-0.05, 0) is 29.3 Å². The number of ether oxygens (including phenoxy) is 1. The van der Waals surface area contributed by atoms with Gasteiger partial charge in [-0.1, -0.05) is 42.5 Å². The molecule has 0 aliphatic carbocycles. The zero-order valence-corrected chi connectivity index (χ0v) is 10.2. The summed E-state index contributed by atoms with van der Waals surface area (Å²) in [4.78, 5) is 11.8. The summed E-state index contributed by atoms with van der Waals surface area (Å²) in [5.74, 6) is 0.484. The maximum absolute atomic E-state index is 11.8. The van der Waals surface area contributed by atoms with E-state index in [0.29, 0.717) is 6.42 Å². The molecule has 0 spiro atoms. The van der Waals surface area contributed by atoms with Gasteiger partial charge in [0.25, 0.3) is 0 Å². The third kappa shape index (κ3) is 1.80. The smallest absolute Gasteiger partial charge is 0.318 e. The highest BCUT2D eigenvalue weighted by Crippen LogP contribution is 2.34. The van der Waals surface area contributed by atoms with Crippen LogP contribution in [0.5, 0.6) is 0 Å². The second-order valence-electron chi connectivity index (χ2n) is 4.54. The summed E-state index contributed by atoms with van der Waals surface area (Å²) in [5.41, 5.74) is 1.04. The lowest BCUT2D eigenvalue weighted by Gasteiger charge is -2.06. The number of benzene rings is 2. The van der Waals surface area contributed by atoms with E-state index in [1.807, 2.05) is 31.2 Å². The van der Waals surface area contributed by atoms with Crippen molar-refractivity contribution in [2.75, 3.05) is 0 Å². The number of fused-ring (bicyclic) bond motifs is 1. The molecule has 3 rings (SSSR count). The zero-order chi connectivity index (χ0) is 12.5. The molecule has 0 unspecified atom stereocenters. The van der Waals surface area contributed by atoms with Crippen molar-refractivity contribution in [3.05, 3.63) is 59.9 Å². The van der Waals surface area contributed by atoms with Crippen molar-refractivity contribution in [1.82, 2.24) is 0 Å². The van der Waals surface area contributed by atoms with Crippen LogP contribution in [0.25, 0.3) is 10.8 Å². The van der Waals surface area contributed by atoms with Gasteiger partial charge in [-0.2, -0.15) is 0 Å². The molecule has 2 heteroatoms. The summed E-state index contributed by atoms with van der Waals surface area (Å²) < 4.78 is 5.21. The molecular formula is C16H14O2. The Morgan fingerprint density at radius 2 is 1.94 bits per heavy atom. The number of esters is 1. The highest BCUT2D eigenvalue weighted by molar-refractivity contribution is 5.87. The van der Waals surface area contributed by atoms with Gasteiger partial charge in [0.2, 0.25) is 0 Å². The van der Waals surface area contributed by atoms with Crippen molar-refractivity contribution in [3.8, 4) is 0 Å². The van der Waals surface area contributed by atoms with E-state index in [2.05, 4.69) is 24.3 Å². The minimum absolute atomic E-state index is 0.140. The molecule has 1 saturated heterocycles. The average Bonchev–Trinajstić information content (AvgIpc) is 2.79. The van der Waals surface area contributed by atoms with Crippen LogP contribution in [0.1, 0.15) is 24.8 Å². The first-order chi connectivity index (χ1) is 8.78. The number of hydrogen-bond acceptors (Lipinski definition) is 2. The van der Waals surface area contributed by atoms with Crippen molar-refractivity contribution >= 4 is 16.7 Å². The molecule has 0 radical (unpaired) electrons. The zero-order valence-electron chi connectivity index (χ0n) is 10.2. The monoisotopic (exact) mass is 238 g/mol. The number of rotatable bonds is 1. The van der Waals surface area contributed by atoms with E-state index in [1.54, 1.807) is 0 Å². The molecule has 2 nitrogen and oxygen atoms in total. The van der Waals surface area contributed by atoms with Gasteiger partial charge in [0.15, 0.2) is 0 Å². The van der Waals surface area contributed by atoms with Gasteiger partial charge in [0.05, 0.1) is 5.92 Å². The molecule has 1 heterocycles. The van der Waals surface area contributed by atoms with Gasteiger partial charge in [0, 0.05) is 6.42 Å². The lowest BCUT2D eigenvalue weighted by atomic mass is 9.94. The summed E-state index contributed by atoms with van der Waals surface area (Å²) >= 11 is 0. The number of hydrogen-bond donors (Lipinski definition) is 0. The standard InChI is InChI=1S/C16H14O2/c1-2-14-10-15(16(17)18-14)13-8-7-11-5-3-4-6-12(11)9-13/h2-9,15H,10H2,1H3/b14-2-/t15-/m1/s1. The predicted molar refractivity (Wildman–Crippen MR) is 71.2 cm³/mol. The molecular weight excluding hydrogens is 224 g/mol. The largest absolute Gasteiger partial charge is 0.431 e. The quantitative estimate of drug-likeness (QED) is 0.707. The maximum atomic E-state index is 11.8. The second-order valence-corrected chi connectivity index (χ2v) is 4.54. The molecule has 0 N–H and O–H groups in total. The molecule has 0 amide bonds. The Morgan fingerprint density at radius 1 is 1.17 bits per heavy atom. The van der Waals surface area contributed by atoms with E-state index < -0.39 is 0 Å². The van der Waals surface area contributed by atoms with E-state index in [0.717, 1.165) is 16.7 Å². The minimum Gasteiger partial charge on any atom is -0.431 e. The van der Waals surface area contributed by atoms with Crippen LogP contribution in [0.3, 0.4) is 0 Å². The van der Waals surface area contributed by atoms with Crippen molar-refractivity contribution in [2.24, 2.45) is 0 Å². The van der Waals surface area contributed by atoms with E-state index >= 15 is 0 Å². The van der Waals surface area contributed by atoms with Gasteiger partial charge in [-0.3, -0.25) is 4.79 Å². The number of carbonyl (C=O) groups is 1. The van der Waals surface area contributed by atoms with Crippen LogP contribution in [-0.2, 0) is 9.53 Å².